The van der Waals surface area contributed by atoms with Crippen molar-refractivity contribution < 1.29 is 4.79 Å². The predicted octanol–water partition coefficient (Wildman–Crippen LogP) is 3.27. The molecule has 0 aliphatic carbocycles. The zero-order chi connectivity index (χ0) is 14.0. The normalized spacial score (nSPS) is 19.2. The number of carbonyl (C=O) groups excluding carboxylic acids is 1. The van der Waals surface area contributed by atoms with E-state index in [0.717, 1.165) is 25.8 Å². The Morgan fingerprint density at radius 3 is 2.95 bits per heavy atom. The van der Waals surface area contributed by atoms with E-state index in [0.29, 0.717) is 22.6 Å². The van der Waals surface area contributed by atoms with Gasteiger partial charge in [0.1, 0.15) is 5.82 Å². The van der Waals surface area contributed by atoms with Gasteiger partial charge in [0.15, 0.2) is 5.69 Å². The minimum Gasteiger partial charge on any atom is -0.334 e. The first-order chi connectivity index (χ1) is 9.04. The lowest BCUT2D eigenvalue weighted by molar-refractivity contribution is 0.0727. The van der Waals surface area contributed by atoms with Crippen LogP contribution in [0.3, 0.4) is 0 Å². The number of halogens is 1. The molecule has 2 heterocycles. The number of rotatable bonds is 3. The van der Waals surface area contributed by atoms with Crippen LogP contribution in [-0.2, 0) is 0 Å². The van der Waals surface area contributed by atoms with Gasteiger partial charge >= 0.3 is 0 Å². The highest BCUT2D eigenvalue weighted by atomic mass is 35.5. The van der Waals surface area contributed by atoms with Crippen LogP contribution in [0, 0.1) is 0 Å². The molecule has 1 aliphatic heterocycles. The summed E-state index contributed by atoms with van der Waals surface area (Å²) in [6, 6.07) is 0.320. The number of nitrogens with zero attached hydrogens (tertiary/aromatic N) is 3. The summed E-state index contributed by atoms with van der Waals surface area (Å²) < 4.78 is 0. The van der Waals surface area contributed by atoms with Gasteiger partial charge in [0, 0.05) is 18.5 Å². The Balaban J connectivity index is 2.30. The van der Waals surface area contributed by atoms with Crippen LogP contribution in [0.4, 0.5) is 0 Å². The standard InChI is InChI=1S/C14H20ClN3O/c1-4-10-6-5-7-18(10)14(19)12-11(15)8-16-13(17-12)9(2)3/h8-10H,4-7H2,1-3H3. The van der Waals surface area contributed by atoms with Gasteiger partial charge in [-0.25, -0.2) is 9.97 Å². The van der Waals surface area contributed by atoms with Gasteiger partial charge in [-0.3, -0.25) is 4.79 Å². The number of carbonyl (C=O) groups is 1. The second kappa shape index (κ2) is 5.87. The lowest BCUT2D eigenvalue weighted by Crippen LogP contribution is -2.36. The third kappa shape index (κ3) is 2.89. The maximum atomic E-state index is 12.6. The molecule has 1 fully saturated rings. The molecule has 104 valence electrons. The molecule has 19 heavy (non-hydrogen) atoms. The Morgan fingerprint density at radius 2 is 2.32 bits per heavy atom. The summed E-state index contributed by atoms with van der Waals surface area (Å²) >= 11 is 6.09. The van der Waals surface area contributed by atoms with Crippen molar-refractivity contribution in [3.8, 4) is 0 Å². The van der Waals surface area contributed by atoms with E-state index in [1.54, 1.807) is 0 Å². The first kappa shape index (κ1) is 14.3. The average Bonchev–Trinajstić information content (AvgIpc) is 2.86. The van der Waals surface area contributed by atoms with Crippen molar-refractivity contribution >= 4 is 17.5 Å². The van der Waals surface area contributed by atoms with Gasteiger partial charge in [-0.05, 0) is 19.3 Å². The summed E-state index contributed by atoms with van der Waals surface area (Å²) in [4.78, 5) is 23.0. The molecule has 1 aromatic heterocycles. The molecule has 0 radical (unpaired) electrons. The van der Waals surface area contributed by atoms with Crippen LogP contribution >= 0.6 is 11.6 Å². The van der Waals surface area contributed by atoms with E-state index in [4.69, 9.17) is 11.6 Å². The first-order valence-corrected chi connectivity index (χ1v) is 7.25. The molecule has 2 rings (SSSR count). The number of hydrogen-bond acceptors (Lipinski definition) is 3. The van der Waals surface area contributed by atoms with Crippen LogP contribution < -0.4 is 0 Å². The van der Waals surface area contributed by atoms with Gasteiger partial charge in [0.05, 0.1) is 11.2 Å². The van der Waals surface area contributed by atoms with Crippen LogP contribution in [-0.4, -0.2) is 33.4 Å². The lowest BCUT2D eigenvalue weighted by atomic mass is 10.1. The van der Waals surface area contributed by atoms with Gasteiger partial charge in [0.2, 0.25) is 0 Å². The van der Waals surface area contributed by atoms with Crippen LogP contribution in [0.15, 0.2) is 6.20 Å². The number of aromatic nitrogens is 2. The SMILES string of the molecule is CCC1CCCN1C(=O)c1nc(C(C)C)ncc1Cl. The topological polar surface area (TPSA) is 46.1 Å². The highest BCUT2D eigenvalue weighted by Crippen LogP contribution is 2.24. The fourth-order valence-electron chi connectivity index (χ4n) is 2.47. The van der Waals surface area contributed by atoms with E-state index in [9.17, 15) is 4.79 Å². The second-order valence-corrected chi connectivity index (χ2v) is 5.69. The molecule has 1 aliphatic rings. The molecule has 1 aromatic rings. The van der Waals surface area contributed by atoms with Gasteiger partial charge in [0.25, 0.3) is 5.91 Å². The van der Waals surface area contributed by atoms with Crippen molar-refractivity contribution in [2.75, 3.05) is 6.54 Å². The fraction of sp³-hybridized carbons (Fsp3) is 0.643. The predicted molar refractivity (Wildman–Crippen MR) is 75.5 cm³/mol. The van der Waals surface area contributed by atoms with E-state index in [1.807, 2.05) is 18.7 Å². The Kier molecular flexibility index (Phi) is 4.40. The summed E-state index contributed by atoms with van der Waals surface area (Å²) in [5.74, 6) is 0.794. The van der Waals surface area contributed by atoms with Crippen LogP contribution in [0.2, 0.25) is 5.02 Å². The van der Waals surface area contributed by atoms with Crippen LogP contribution in [0.5, 0.6) is 0 Å². The minimum absolute atomic E-state index is 0.0568. The van der Waals surface area contributed by atoms with Gasteiger partial charge < -0.3 is 4.90 Å². The molecular formula is C14H20ClN3O. The quantitative estimate of drug-likeness (QED) is 0.854. The molecule has 1 atom stereocenters. The summed E-state index contributed by atoms with van der Waals surface area (Å²) in [6.07, 6.45) is 4.64. The Morgan fingerprint density at radius 1 is 1.58 bits per heavy atom. The molecule has 0 spiro atoms. The van der Waals surface area contributed by atoms with Crippen molar-refractivity contribution in [2.24, 2.45) is 0 Å². The van der Waals surface area contributed by atoms with Crippen molar-refractivity contribution in [1.29, 1.82) is 0 Å². The summed E-state index contributed by atoms with van der Waals surface area (Å²) in [6.45, 7) is 6.91. The molecule has 1 amide bonds. The molecule has 1 saturated heterocycles. The third-order valence-electron chi connectivity index (χ3n) is 3.59. The van der Waals surface area contributed by atoms with E-state index in [1.165, 1.54) is 6.20 Å². The zero-order valence-corrected chi connectivity index (χ0v) is 12.4. The number of likely N-dealkylation sites (tertiary alicyclic amines) is 1. The van der Waals surface area contributed by atoms with Crippen molar-refractivity contribution in [3.63, 3.8) is 0 Å². The van der Waals surface area contributed by atoms with E-state index < -0.39 is 0 Å². The first-order valence-electron chi connectivity index (χ1n) is 6.88. The van der Waals surface area contributed by atoms with Crippen molar-refractivity contribution in [3.05, 3.63) is 22.7 Å². The third-order valence-corrected chi connectivity index (χ3v) is 3.87. The van der Waals surface area contributed by atoms with Gasteiger partial charge in [-0.1, -0.05) is 32.4 Å². The summed E-state index contributed by atoms with van der Waals surface area (Å²) in [7, 11) is 0. The number of hydrogen-bond donors (Lipinski definition) is 0. The number of amides is 1. The van der Waals surface area contributed by atoms with Gasteiger partial charge in [-0.15, -0.1) is 0 Å². The molecule has 0 aromatic carbocycles. The summed E-state index contributed by atoms with van der Waals surface area (Å²) in [5.41, 5.74) is 0.348. The monoisotopic (exact) mass is 281 g/mol. The smallest absolute Gasteiger partial charge is 0.274 e. The summed E-state index contributed by atoms with van der Waals surface area (Å²) in [5, 5.41) is 0.344. The highest BCUT2D eigenvalue weighted by Gasteiger charge is 2.30. The Hall–Kier alpha value is -1.16. The molecule has 0 bridgehead atoms. The second-order valence-electron chi connectivity index (χ2n) is 5.28. The van der Waals surface area contributed by atoms with E-state index in [-0.39, 0.29) is 11.8 Å². The molecule has 4 nitrogen and oxygen atoms in total. The molecule has 0 saturated carbocycles. The highest BCUT2D eigenvalue weighted by molar-refractivity contribution is 6.33. The van der Waals surface area contributed by atoms with E-state index in [2.05, 4.69) is 16.9 Å². The Labute approximate surface area is 119 Å². The molecular weight excluding hydrogens is 262 g/mol. The minimum atomic E-state index is -0.0568. The maximum Gasteiger partial charge on any atom is 0.274 e. The zero-order valence-electron chi connectivity index (χ0n) is 11.7. The van der Waals surface area contributed by atoms with Gasteiger partial charge in [-0.2, -0.15) is 0 Å². The molecule has 5 heteroatoms. The van der Waals surface area contributed by atoms with Crippen molar-refractivity contribution in [1.82, 2.24) is 14.9 Å². The molecule has 0 N–H and O–H groups in total. The maximum absolute atomic E-state index is 12.6. The Bertz CT molecular complexity index is 476. The average molecular weight is 282 g/mol. The fourth-order valence-corrected chi connectivity index (χ4v) is 2.64. The lowest BCUT2D eigenvalue weighted by Gasteiger charge is -2.23. The van der Waals surface area contributed by atoms with Crippen molar-refractivity contribution in [2.45, 2.75) is 52.0 Å². The van der Waals surface area contributed by atoms with Crippen LogP contribution in [0.1, 0.15) is 62.3 Å². The largest absolute Gasteiger partial charge is 0.334 e. The van der Waals surface area contributed by atoms with Crippen LogP contribution in [0.25, 0.3) is 0 Å². The van der Waals surface area contributed by atoms with E-state index >= 15 is 0 Å². The molecule has 1 unspecified atom stereocenters.